The van der Waals surface area contributed by atoms with Crippen LogP contribution >= 0.6 is 11.8 Å². The number of hydrazone groups is 1. The van der Waals surface area contributed by atoms with Crippen LogP contribution in [0.2, 0.25) is 0 Å². The summed E-state index contributed by atoms with van der Waals surface area (Å²) in [5.74, 6) is 0.577. The fourth-order valence-corrected chi connectivity index (χ4v) is 3.77. The SMILES string of the molecule is C/C(=N\NC(=O)CSc1nnc([C@H](C)Nc2ccccc2C)n1C)c1ccc([N+](=O)[O-])cc1. The third kappa shape index (κ3) is 6.16. The van der Waals surface area contributed by atoms with Crippen LogP contribution in [0, 0.1) is 17.0 Å². The molecular formula is C22H25N7O3S. The van der Waals surface area contributed by atoms with E-state index in [0.29, 0.717) is 16.4 Å². The Labute approximate surface area is 195 Å². The molecule has 1 aromatic heterocycles. The maximum atomic E-state index is 12.2. The molecule has 0 unspecified atom stereocenters. The van der Waals surface area contributed by atoms with Crippen LogP contribution in [0.15, 0.2) is 58.8 Å². The molecule has 0 spiro atoms. The summed E-state index contributed by atoms with van der Waals surface area (Å²) in [7, 11) is 1.86. The molecule has 0 saturated heterocycles. The maximum Gasteiger partial charge on any atom is 0.269 e. The number of rotatable bonds is 9. The van der Waals surface area contributed by atoms with Gasteiger partial charge in [0.1, 0.15) is 0 Å². The molecule has 33 heavy (non-hydrogen) atoms. The van der Waals surface area contributed by atoms with Gasteiger partial charge in [-0.3, -0.25) is 14.9 Å². The molecule has 3 rings (SSSR count). The van der Waals surface area contributed by atoms with Crippen molar-refractivity contribution in [3.05, 3.63) is 75.6 Å². The lowest BCUT2D eigenvalue weighted by Gasteiger charge is -2.16. The molecule has 3 aromatic rings. The minimum Gasteiger partial charge on any atom is -0.375 e. The van der Waals surface area contributed by atoms with Crippen molar-refractivity contribution in [2.24, 2.45) is 12.1 Å². The predicted molar refractivity (Wildman–Crippen MR) is 128 cm³/mol. The van der Waals surface area contributed by atoms with Gasteiger partial charge in [-0.1, -0.05) is 30.0 Å². The summed E-state index contributed by atoms with van der Waals surface area (Å²) >= 11 is 1.26. The smallest absolute Gasteiger partial charge is 0.269 e. The van der Waals surface area contributed by atoms with E-state index < -0.39 is 4.92 Å². The van der Waals surface area contributed by atoms with E-state index in [-0.39, 0.29) is 23.4 Å². The zero-order valence-corrected chi connectivity index (χ0v) is 19.6. The van der Waals surface area contributed by atoms with Crippen LogP contribution in [-0.4, -0.2) is 37.1 Å². The van der Waals surface area contributed by atoms with Gasteiger partial charge >= 0.3 is 0 Å². The lowest BCUT2D eigenvalue weighted by molar-refractivity contribution is -0.384. The highest BCUT2D eigenvalue weighted by Crippen LogP contribution is 2.23. The quantitative estimate of drug-likeness (QED) is 0.212. The average molecular weight is 468 g/mol. The molecule has 1 heterocycles. The van der Waals surface area contributed by atoms with Crippen LogP contribution in [0.4, 0.5) is 11.4 Å². The summed E-state index contributed by atoms with van der Waals surface area (Å²) in [5.41, 5.74) is 5.90. The van der Waals surface area contributed by atoms with Gasteiger partial charge in [0.05, 0.1) is 22.4 Å². The molecule has 0 bridgehead atoms. The number of nitro benzene ring substituents is 1. The number of nitro groups is 1. The van der Waals surface area contributed by atoms with Gasteiger partial charge in [-0.2, -0.15) is 5.10 Å². The van der Waals surface area contributed by atoms with Crippen LogP contribution in [0.25, 0.3) is 0 Å². The number of amides is 1. The highest BCUT2D eigenvalue weighted by atomic mass is 32.2. The number of para-hydroxylation sites is 1. The topological polar surface area (TPSA) is 127 Å². The molecule has 0 aliphatic heterocycles. The van der Waals surface area contributed by atoms with E-state index in [2.05, 4.69) is 26.0 Å². The Morgan fingerprint density at radius 3 is 2.58 bits per heavy atom. The minimum atomic E-state index is -0.466. The number of nitrogens with zero attached hydrogens (tertiary/aromatic N) is 5. The van der Waals surface area contributed by atoms with Crippen molar-refractivity contribution in [3.63, 3.8) is 0 Å². The summed E-state index contributed by atoms with van der Waals surface area (Å²) in [5, 5.41) is 27.4. The Balaban J connectivity index is 1.55. The second-order valence-corrected chi connectivity index (χ2v) is 8.35. The molecule has 0 saturated carbocycles. The number of aromatic nitrogens is 3. The third-order valence-electron chi connectivity index (χ3n) is 4.95. The van der Waals surface area contributed by atoms with Gasteiger partial charge in [0.15, 0.2) is 11.0 Å². The van der Waals surface area contributed by atoms with Crippen LogP contribution in [0.5, 0.6) is 0 Å². The van der Waals surface area contributed by atoms with Crippen molar-refractivity contribution in [2.45, 2.75) is 32.0 Å². The second kappa shape index (κ2) is 10.7. The number of hydrogen-bond acceptors (Lipinski definition) is 8. The Kier molecular flexibility index (Phi) is 7.78. The molecule has 0 aliphatic carbocycles. The van der Waals surface area contributed by atoms with Crippen molar-refractivity contribution in [3.8, 4) is 0 Å². The monoisotopic (exact) mass is 467 g/mol. The Morgan fingerprint density at radius 2 is 1.91 bits per heavy atom. The van der Waals surface area contributed by atoms with Gasteiger partial charge in [-0.25, -0.2) is 5.43 Å². The fourth-order valence-electron chi connectivity index (χ4n) is 3.06. The van der Waals surface area contributed by atoms with Gasteiger partial charge < -0.3 is 9.88 Å². The molecule has 0 radical (unpaired) electrons. The standard InChI is InChI=1S/C22H25N7O3S/c1-14-7-5-6-8-19(14)23-16(3)21-26-27-22(28(21)4)33-13-20(30)25-24-15(2)17-9-11-18(12-10-17)29(31)32/h5-12,16,23H,13H2,1-4H3,(H,25,30)/b24-15+/t16-/m0/s1. The first-order valence-corrected chi connectivity index (χ1v) is 11.2. The van der Waals surface area contributed by atoms with E-state index in [1.54, 1.807) is 19.1 Å². The van der Waals surface area contributed by atoms with Crippen molar-refractivity contribution in [1.29, 1.82) is 0 Å². The number of anilines is 1. The number of hydrogen-bond donors (Lipinski definition) is 2. The third-order valence-corrected chi connectivity index (χ3v) is 5.97. The summed E-state index contributed by atoms with van der Waals surface area (Å²) < 4.78 is 1.86. The van der Waals surface area contributed by atoms with Gasteiger partial charge in [-0.15, -0.1) is 10.2 Å². The van der Waals surface area contributed by atoms with E-state index in [1.807, 2.05) is 49.7 Å². The average Bonchev–Trinajstić information content (AvgIpc) is 3.18. The normalized spacial score (nSPS) is 12.3. The van der Waals surface area contributed by atoms with Gasteiger partial charge in [0, 0.05) is 24.9 Å². The van der Waals surface area contributed by atoms with E-state index in [1.165, 1.54) is 23.9 Å². The Bertz CT molecular complexity index is 1170. The molecule has 1 amide bonds. The van der Waals surface area contributed by atoms with E-state index in [0.717, 1.165) is 17.1 Å². The zero-order valence-electron chi connectivity index (χ0n) is 18.8. The largest absolute Gasteiger partial charge is 0.375 e. The van der Waals surface area contributed by atoms with Gasteiger partial charge in [0.2, 0.25) is 0 Å². The summed E-state index contributed by atoms with van der Waals surface area (Å²) in [6.07, 6.45) is 0. The number of thioether (sulfide) groups is 1. The Hall–Kier alpha value is -3.73. The fraction of sp³-hybridized carbons (Fsp3) is 0.273. The van der Waals surface area contributed by atoms with Gasteiger partial charge in [-0.05, 0) is 50.1 Å². The zero-order chi connectivity index (χ0) is 24.0. The molecule has 2 N–H and O–H groups in total. The highest BCUT2D eigenvalue weighted by Gasteiger charge is 2.17. The molecule has 10 nitrogen and oxygen atoms in total. The van der Waals surface area contributed by atoms with Crippen LogP contribution < -0.4 is 10.7 Å². The van der Waals surface area contributed by atoms with E-state index >= 15 is 0 Å². The van der Waals surface area contributed by atoms with Crippen LogP contribution in [0.1, 0.15) is 36.8 Å². The number of carbonyl (C=O) groups excluding carboxylic acids is 1. The number of non-ortho nitro benzene ring substituents is 1. The molecule has 2 aromatic carbocycles. The molecule has 0 aliphatic rings. The van der Waals surface area contributed by atoms with Crippen molar-refractivity contribution < 1.29 is 9.72 Å². The molecular weight excluding hydrogens is 442 g/mol. The summed E-state index contributed by atoms with van der Waals surface area (Å²) in [6.45, 7) is 5.76. The molecule has 1 atom stereocenters. The molecule has 0 fully saturated rings. The highest BCUT2D eigenvalue weighted by molar-refractivity contribution is 7.99. The maximum absolute atomic E-state index is 12.2. The first-order chi connectivity index (χ1) is 15.8. The first-order valence-electron chi connectivity index (χ1n) is 10.2. The summed E-state index contributed by atoms with van der Waals surface area (Å²) in [6, 6.07) is 13.9. The predicted octanol–water partition coefficient (Wildman–Crippen LogP) is 3.84. The Morgan fingerprint density at radius 1 is 1.21 bits per heavy atom. The van der Waals surface area contributed by atoms with Crippen molar-refractivity contribution in [2.75, 3.05) is 11.1 Å². The molecule has 172 valence electrons. The number of benzene rings is 2. The van der Waals surface area contributed by atoms with Crippen molar-refractivity contribution >= 4 is 34.8 Å². The van der Waals surface area contributed by atoms with E-state index in [4.69, 9.17) is 0 Å². The molecule has 11 heteroatoms. The van der Waals surface area contributed by atoms with Gasteiger partial charge in [0.25, 0.3) is 11.6 Å². The lowest BCUT2D eigenvalue weighted by atomic mass is 10.1. The summed E-state index contributed by atoms with van der Waals surface area (Å²) in [4.78, 5) is 22.5. The first kappa shape index (κ1) is 23.9. The number of aryl methyl sites for hydroxylation is 1. The minimum absolute atomic E-state index is 0.00143. The van der Waals surface area contributed by atoms with Crippen LogP contribution in [-0.2, 0) is 11.8 Å². The van der Waals surface area contributed by atoms with Crippen LogP contribution in [0.3, 0.4) is 0 Å². The second-order valence-electron chi connectivity index (χ2n) is 7.41. The van der Waals surface area contributed by atoms with E-state index in [9.17, 15) is 14.9 Å². The number of carbonyl (C=O) groups is 1. The van der Waals surface area contributed by atoms with Crippen molar-refractivity contribution in [1.82, 2.24) is 20.2 Å². The lowest BCUT2D eigenvalue weighted by Crippen LogP contribution is -2.21. The number of nitrogens with one attached hydrogen (secondary N) is 2.